The summed E-state index contributed by atoms with van der Waals surface area (Å²) in [6.45, 7) is 4.58. The molecule has 2 aromatic rings. The average molecular weight is 357 g/mol. The van der Waals surface area contributed by atoms with Crippen molar-refractivity contribution in [3.05, 3.63) is 40.3 Å². The van der Waals surface area contributed by atoms with E-state index < -0.39 is 0 Å². The minimum absolute atomic E-state index is 0.222. The summed E-state index contributed by atoms with van der Waals surface area (Å²) >= 11 is 1.35. The Morgan fingerprint density at radius 1 is 1.32 bits per heavy atom. The molecule has 0 saturated heterocycles. The molecule has 0 saturated carbocycles. The number of amides is 2. The highest BCUT2D eigenvalue weighted by atomic mass is 32.1. The zero-order chi connectivity index (χ0) is 18.0. The van der Waals surface area contributed by atoms with Gasteiger partial charge in [0.2, 0.25) is 5.13 Å². The van der Waals surface area contributed by atoms with Gasteiger partial charge in [0, 0.05) is 11.9 Å². The fourth-order valence-electron chi connectivity index (χ4n) is 2.48. The van der Waals surface area contributed by atoms with Crippen LogP contribution in [0.5, 0.6) is 0 Å². The van der Waals surface area contributed by atoms with Gasteiger partial charge in [-0.15, -0.1) is 11.3 Å². The topological polar surface area (TPSA) is 101 Å². The first-order valence-electron chi connectivity index (χ1n) is 7.96. The molecule has 0 spiro atoms. The highest BCUT2D eigenvalue weighted by molar-refractivity contribution is 7.14. The highest BCUT2D eigenvalue weighted by Gasteiger charge is 2.35. The van der Waals surface area contributed by atoms with Gasteiger partial charge < -0.3 is 5.73 Å². The molecule has 1 aliphatic rings. The Balaban J connectivity index is 1.73. The molecule has 3 rings (SSSR count). The Labute approximate surface area is 149 Å². The Kier molecular flexibility index (Phi) is 4.80. The van der Waals surface area contributed by atoms with Crippen LogP contribution in [0.4, 0.5) is 10.9 Å². The van der Waals surface area contributed by atoms with Crippen molar-refractivity contribution < 1.29 is 9.59 Å². The number of anilines is 2. The third kappa shape index (κ3) is 3.69. The van der Waals surface area contributed by atoms with E-state index in [2.05, 4.69) is 29.4 Å². The van der Waals surface area contributed by atoms with Gasteiger partial charge in [0.05, 0.1) is 17.3 Å². The summed E-state index contributed by atoms with van der Waals surface area (Å²) in [4.78, 5) is 30.2. The van der Waals surface area contributed by atoms with Crippen molar-refractivity contribution in [3.63, 3.8) is 0 Å². The van der Waals surface area contributed by atoms with Gasteiger partial charge in [0.25, 0.3) is 11.8 Å². The molecule has 1 aliphatic heterocycles. The van der Waals surface area contributed by atoms with E-state index in [9.17, 15) is 9.59 Å². The first-order valence-corrected chi connectivity index (χ1v) is 8.84. The molecule has 0 atom stereocenters. The lowest BCUT2D eigenvalue weighted by Crippen LogP contribution is -2.31. The number of nitrogen functional groups attached to an aromatic ring is 1. The first-order chi connectivity index (χ1) is 12.0. The fourth-order valence-corrected chi connectivity index (χ4v) is 3.03. The third-order valence-corrected chi connectivity index (χ3v) is 4.59. The van der Waals surface area contributed by atoms with E-state index in [-0.39, 0.29) is 11.8 Å². The number of carbonyl (C=O) groups is 2. The van der Waals surface area contributed by atoms with Crippen molar-refractivity contribution in [3.8, 4) is 0 Å². The number of hydrazone groups is 1. The van der Waals surface area contributed by atoms with Crippen LogP contribution in [0.3, 0.4) is 0 Å². The second kappa shape index (κ2) is 7.02. The zero-order valence-corrected chi connectivity index (χ0v) is 14.8. The van der Waals surface area contributed by atoms with Gasteiger partial charge in [-0.25, -0.2) is 4.98 Å². The summed E-state index contributed by atoms with van der Waals surface area (Å²) in [5, 5.41) is 6.38. The molecule has 130 valence electrons. The molecular formula is C17H19N5O2S. The van der Waals surface area contributed by atoms with Gasteiger partial charge in [0.15, 0.2) is 0 Å². The predicted octanol–water partition coefficient (Wildman–Crippen LogP) is 2.81. The Bertz CT molecular complexity index is 843. The molecule has 2 heterocycles. The number of hydrogen-bond donors (Lipinski definition) is 2. The molecular weight excluding hydrogens is 338 g/mol. The summed E-state index contributed by atoms with van der Waals surface area (Å²) in [5.41, 5.74) is 9.92. The number of rotatable bonds is 6. The maximum atomic E-state index is 12.5. The van der Waals surface area contributed by atoms with E-state index in [1.54, 1.807) is 29.8 Å². The largest absolute Gasteiger partial charge is 0.383 e. The van der Waals surface area contributed by atoms with Crippen LogP contribution in [-0.2, 0) is 0 Å². The number of benzene rings is 1. The molecule has 0 aliphatic carbocycles. The van der Waals surface area contributed by atoms with Crippen molar-refractivity contribution in [1.82, 2.24) is 9.88 Å². The summed E-state index contributed by atoms with van der Waals surface area (Å²) in [6.07, 6.45) is 2.37. The molecule has 1 aromatic heterocycles. The second-order valence-electron chi connectivity index (χ2n) is 6.20. The summed E-state index contributed by atoms with van der Waals surface area (Å²) in [7, 11) is 0. The molecule has 1 aromatic carbocycles. The number of imide groups is 1. The number of nitrogens with zero attached hydrogens (tertiary/aromatic N) is 3. The normalized spacial score (nSPS) is 14.0. The quantitative estimate of drug-likeness (QED) is 0.470. The Morgan fingerprint density at radius 3 is 2.76 bits per heavy atom. The average Bonchev–Trinajstić information content (AvgIpc) is 3.08. The van der Waals surface area contributed by atoms with Crippen molar-refractivity contribution in [2.75, 3.05) is 17.7 Å². The van der Waals surface area contributed by atoms with E-state index in [0.29, 0.717) is 34.5 Å². The zero-order valence-electron chi connectivity index (χ0n) is 14.0. The van der Waals surface area contributed by atoms with Crippen LogP contribution in [0.2, 0.25) is 0 Å². The van der Waals surface area contributed by atoms with E-state index in [1.165, 1.54) is 16.2 Å². The summed E-state index contributed by atoms with van der Waals surface area (Å²) < 4.78 is 0. The molecule has 7 nitrogen and oxygen atoms in total. The van der Waals surface area contributed by atoms with E-state index in [4.69, 9.17) is 5.73 Å². The van der Waals surface area contributed by atoms with Crippen LogP contribution in [0.25, 0.3) is 0 Å². The number of nitrogens with two attached hydrogens (primary N) is 1. The fraction of sp³-hybridized carbons (Fsp3) is 0.294. The van der Waals surface area contributed by atoms with Gasteiger partial charge in [-0.2, -0.15) is 5.10 Å². The van der Waals surface area contributed by atoms with Crippen molar-refractivity contribution in [2.24, 2.45) is 11.0 Å². The maximum Gasteiger partial charge on any atom is 0.261 e. The van der Waals surface area contributed by atoms with E-state index >= 15 is 0 Å². The van der Waals surface area contributed by atoms with Crippen molar-refractivity contribution >= 4 is 40.3 Å². The molecule has 2 amide bonds. The van der Waals surface area contributed by atoms with Gasteiger partial charge >= 0.3 is 0 Å². The molecule has 0 bridgehead atoms. The maximum absolute atomic E-state index is 12.5. The molecule has 0 radical (unpaired) electrons. The standard InChI is InChI=1S/C17H19N5O2S/c1-10(2)5-6-22-15(23)12-4-3-11(7-13(12)16(22)24)8-19-21-17-20-14(18)9-25-17/h3-4,7-10H,5-6,18H2,1-2H3,(H,20,21). The monoisotopic (exact) mass is 357 g/mol. The van der Waals surface area contributed by atoms with Crippen molar-refractivity contribution in [1.29, 1.82) is 0 Å². The number of thiazole rings is 1. The van der Waals surface area contributed by atoms with Gasteiger partial charge in [-0.1, -0.05) is 19.9 Å². The van der Waals surface area contributed by atoms with Crippen LogP contribution >= 0.6 is 11.3 Å². The van der Waals surface area contributed by atoms with Crippen LogP contribution in [0.1, 0.15) is 46.5 Å². The highest BCUT2D eigenvalue weighted by Crippen LogP contribution is 2.24. The molecule has 0 fully saturated rings. The lowest BCUT2D eigenvalue weighted by molar-refractivity contribution is 0.0648. The van der Waals surface area contributed by atoms with Crippen LogP contribution in [0, 0.1) is 5.92 Å². The number of hydrogen-bond acceptors (Lipinski definition) is 7. The Morgan fingerprint density at radius 2 is 2.08 bits per heavy atom. The van der Waals surface area contributed by atoms with Gasteiger partial charge in [-0.3, -0.25) is 19.9 Å². The van der Waals surface area contributed by atoms with Crippen LogP contribution in [0.15, 0.2) is 28.7 Å². The molecule has 3 N–H and O–H groups in total. The van der Waals surface area contributed by atoms with Crippen molar-refractivity contribution in [2.45, 2.75) is 20.3 Å². The first kappa shape index (κ1) is 17.1. The lowest BCUT2D eigenvalue weighted by atomic mass is 10.1. The van der Waals surface area contributed by atoms with Crippen LogP contribution < -0.4 is 11.2 Å². The molecule has 0 unspecified atom stereocenters. The minimum atomic E-state index is -0.239. The summed E-state index contributed by atoms with van der Waals surface area (Å²) in [6, 6.07) is 5.12. The van der Waals surface area contributed by atoms with Gasteiger partial charge in [0.1, 0.15) is 5.82 Å². The number of aromatic nitrogens is 1. The van der Waals surface area contributed by atoms with E-state index in [0.717, 1.165) is 12.0 Å². The van der Waals surface area contributed by atoms with Gasteiger partial charge in [-0.05, 0) is 30.0 Å². The van der Waals surface area contributed by atoms with E-state index in [1.807, 2.05) is 0 Å². The predicted molar refractivity (Wildman–Crippen MR) is 99.0 cm³/mol. The smallest absolute Gasteiger partial charge is 0.261 e. The number of nitrogens with one attached hydrogen (secondary N) is 1. The Hall–Kier alpha value is -2.74. The minimum Gasteiger partial charge on any atom is -0.383 e. The lowest BCUT2D eigenvalue weighted by Gasteiger charge is -2.14. The molecule has 8 heteroatoms. The third-order valence-electron chi connectivity index (χ3n) is 3.82. The second-order valence-corrected chi connectivity index (χ2v) is 7.06. The molecule has 25 heavy (non-hydrogen) atoms. The summed E-state index contributed by atoms with van der Waals surface area (Å²) in [5.74, 6) is 0.404. The van der Waals surface area contributed by atoms with Crippen LogP contribution in [-0.4, -0.2) is 34.5 Å². The number of fused-ring (bicyclic) bond motifs is 1. The number of carbonyl (C=O) groups excluding carboxylic acids is 2. The SMILES string of the molecule is CC(C)CCN1C(=O)c2ccc(C=NNc3nc(N)cs3)cc2C1=O.